The summed E-state index contributed by atoms with van der Waals surface area (Å²) in [6, 6.07) is 4.23. The molecule has 3 rings (SSSR count). The van der Waals surface area contributed by atoms with E-state index in [-0.39, 0.29) is 55.6 Å². The van der Waals surface area contributed by atoms with E-state index >= 15 is 0 Å². The highest BCUT2D eigenvalue weighted by atomic mass is 19.2. The van der Waals surface area contributed by atoms with Crippen LogP contribution in [-0.4, -0.2) is 76.8 Å². The van der Waals surface area contributed by atoms with Gasteiger partial charge in [-0.05, 0) is 38.8 Å². The third kappa shape index (κ3) is 9.05. The Morgan fingerprint density at radius 2 is 1.88 bits per heavy atom. The lowest BCUT2D eigenvalue weighted by Crippen LogP contribution is -2.42. The minimum absolute atomic E-state index is 0.0327. The second-order valence-electron chi connectivity index (χ2n) is 10.4. The van der Waals surface area contributed by atoms with Gasteiger partial charge in [0.15, 0.2) is 17.4 Å². The molecule has 0 saturated heterocycles. The number of pyridine rings is 1. The van der Waals surface area contributed by atoms with Crippen molar-refractivity contribution in [2.75, 3.05) is 27.8 Å². The molecule has 1 aromatic carbocycles. The molecule has 0 saturated carbocycles. The predicted molar refractivity (Wildman–Crippen MR) is 156 cm³/mol. The van der Waals surface area contributed by atoms with Gasteiger partial charge >= 0.3 is 6.09 Å². The summed E-state index contributed by atoms with van der Waals surface area (Å²) in [7, 11) is 4.40. The van der Waals surface area contributed by atoms with Gasteiger partial charge in [0.1, 0.15) is 5.82 Å². The van der Waals surface area contributed by atoms with Crippen LogP contribution in [-0.2, 0) is 38.6 Å². The normalized spacial score (nSPS) is 12.2. The Hall–Kier alpha value is -4.39. The van der Waals surface area contributed by atoms with Crippen LogP contribution >= 0.6 is 0 Å². The zero-order valence-electron chi connectivity index (χ0n) is 24.9. The number of hydrogen-bond donors (Lipinski definition) is 1. The third-order valence-electron chi connectivity index (χ3n) is 6.60. The topological polar surface area (TPSA) is 125 Å². The van der Waals surface area contributed by atoms with Crippen molar-refractivity contribution in [1.29, 1.82) is 0 Å². The Kier molecular flexibility index (Phi) is 11.7. The van der Waals surface area contributed by atoms with E-state index in [9.17, 15) is 28.0 Å². The molecule has 1 atom stereocenters. The summed E-state index contributed by atoms with van der Waals surface area (Å²) in [5.74, 6) is -2.31. The van der Waals surface area contributed by atoms with Crippen molar-refractivity contribution in [3.05, 3.63) is 76.0 Å². The van der Waals surface area contributed by atoms with Crippen LogP contribution in [0.25, 0.3) is 11.0 Å². The number of halogens is 2. The van der Waals surface area contributed by atoms with E-state index in [1.165, 1.54) is 34.9 Å². The molecular weight excluding hydrogens is 564 g/mol. The minimum atomic E-state index is -1.03. The molecule has 2 heterocycles. The van der Waals surface area contributed by atoms with E-state index < -0.39 is 35.1 Å². The summed E-state index contributed by atoms with van der Waals surface area (Å²) in [6.45, 7) is 4.29. The van der Waals surface area contributed by atoms with Gasteiger partial charge in [-0.15, -0.1) is 0 Å². The van der Waals surface area contributed by atoms with Crippen molar-refractivity contribution < 1.29 is 32.6 Å². The number of carbonyl (C=O) groups excluding carboxylic acids is 3. The van der Waals surface area contributed by atoms with Crippen LogP contribution in [0.1, 0.15) is 38.1 Å². The molecule has 0 aliphatic carbocycles. The van der Waals surface area contributed by atoms with Crippen LogP contribution in [0.15, 0.2) is 47.4 Å². The number of benzene rings is 1. The average molecular weight is 602 g/mol. The number of carbonyl (C=O) groups is 3. The van der Waals surface area contributed by atoms with E-state index in [1.807, 2.05) is 13.8 Å². The lowest BCUT2D eigenvalue weighted by atomic mass is 10.0. The van der Waals surface area contributed by atoms with Crippen LogP contribution < -0.4 is 10.9 Å². The number of imidazole rings is 1. The van der Waals surface area contributed by atoms with Crippen molar-refractivity contribution in [2.45, 2.75) is 58.3 Å². The summed E-state index contributed by atoms with van der Waals surface area (Å²) in [5, 5.41) is 2.50. The first-order valence-corrected chi connectivity index (χ1v) is 13.8. The number of ether oxygens (including phenoxy) is 2. The van der Waals surface area contributed by atoms with Crippen LogP contribution in [0.2, 0.25) is 0 Å². The molecular formula is C30H37F2N5O6. The maximum atomic E-state index is 14.1. The summed E-state index contributed by atoms with van der Waals surface area (Å²) < 4.78 is 41.4. The molecule has 2 amide bonds. The number of aromatic nitrogens is 3. The highest BCUT2D eigenvalue weighted by Crippen LogP contribution is 2.21. The number of allylic oxidation sites excluding steroid dienone is 1. The molecule has 3 aromatic rings. The number of methoxy groups -OCH3 is 1. The Balaban J connectivity index is 1.84. The Morgan fingerprint density at radius 3 is 2.56 bits per heavy atom. The molecule has 1 N–H and O–H groups in total. The van der Waals surface area contributed by atoms with Crippen molar-refractivity contribution in [3.63, 3.8) is 0 Å². The van der Waals surface area contributed by atoms with Gasteiger partial charge in [0.2, 0.25) is 5.91 Å². The largest absolute Gasteiger partial charge is 0.453 e. The zero-order valence-corrected chi connectivity index (χ0v) is 24.9. The highest BCUT2D eigenvalue weighted by molar-refractivity contribution is 5.89. The predicted octanol–water partition coefficient (Wildman–Crippen LogP) is 3.21. The lowest BCUT2D eigenvalue weighted by Gasteiger charge is -2.17. The van der Waals surface area contributed by atoms with E-state index in [4.69, 9.17) is 4.74 Å². The minimum Gasteiger partial charge on any atom is -0.453 e. The molecule has 0 fully saturated rings. The number of Topliss-reactive ketones (excluding diaryl/α,β-unsaturated/α-hetero) is 1. The highest BCUT2D eigenvalue weighted by Gasteiger charge is 2.23. The van der Waals surface area contributed by atoms with Gasteiger partial charge in [-0.2, -0.15) is 0 Å². The van der Waals surface area contributed by atoms with Crippen molar-refractivity contribution in [2.24, 2.45) is 0 Å². The fourth-order valence-electron chi connectivity index (χ4n) is 4.34. The van der Waals surface area contributed by atoms with Gasteiger partial charge in [-0.3, -0.25) is 14.4 Å². The second-order valence-corrected chi connectivity index (χ2v) is 10.4. The quantitative estimate of drug-likeness (QED) is 0.282. The molecule has 43 heavy (non-hydrogen) atoms. The number of alkyl carbamates (subject to hydrolysis) is 1. The number of nitrogens with one attached hydrogen (secondary N) is 1. The number of ketones is 1. The van der Waals surface area contributed by atoms with Gasteiger partial charge in [0.25, 0.3) is 5.56 Å². The molecule has 0 bridgehead atoms. The number of hydrogen-bond acceptors (Lipinski definition) is 7. The van der Waals surface area contributed by atoms with Gasteiger partial charge in [-0.1, -0.05) is 12.1 Å². The monoisotopic (exact) mass is 601 g/mol. The number of nitrogens with zero attached hydrogens (tertiary/aromatic N) is 4. The molecule has 0 spiro atoms. The van der Waals surface area contributed by atoms with Crippen LogP contribution in [0.3, 0.4) is 0 Å². The SMILES string of the molecule is COC(=O)N[C@@H](CC/C=C/C(=O)N(C)C)C(=O)Cc1cccn(Cc2nc3cc(F)c(F)cc3n2CCOC(C)C)c1=O. The summed E-state index contributed by atoms with van der Waals surface area (Å²) in [4.78, 5) is 56.1. The zero-order chi connectivity index (χ0) is 31.7. The van der Waals surface area contributed by atoms with Gasteiger partial charge in [-0.25, -0.2) is 18.6 Å². The third-order valence-corrected chi connectivity index (χ3v) is 6.60. The Labute approximate surface area is 248 Å². The maximum absolute atomic E-state index is 14.1. The molecule has 0 aliphatic rings. The van der Waals surface area contributed by atoms with Crippen LogP contribution in [0.5, 0.6) is 0 Å². The smallest absolute Gasteiger partial charge is 0.407 e. The fraction of sp³-hybridized carbons (Fsp3) is 0.433. The molecule has 2 aromatic heterocycles. The Bertz CT molecular complexity index is 1550. The van der Waals surface area contributed by atoms with E-state index in [2.05, 4.69) is 15.0 Å². The number of fused-ring (bicyclic) bond motifs is 1. The van der Waals surface area contributed by atoms with Crippen LogP contribution in [0.4, 0.5) is 13.6 Å². The molecule has 0 unspecified atom stereocenters. The van der Waals surface area contributed by atoms with Crippen molar-refractivity contribution >= 4 is 28.8 Å². The number of amides is 2. The van der Waals surface area contributed by atoms with Crippen molar-refractivity contribution in [1.82, 2.24) is 24.3 Å². The Morgan fingerprint density at radius 1 is 1.16 bits per heavy atom. The lowest BCUT2D eigenvalue weighted by molar-refractivity contribution is -0.123. The first-order valence-electron chi connectivity index (χ1n) is 13.8. The molecule has 11 nitrogen and oxygen atoms in total. The first-order chi connectivity index (χ1) is 20.4. The fourth-order valence-corrected chi connectivity index (χ4v) is 4.34. The standard InChI is InChI=1S/C30H37F2N5O6/c1-19(2)43-14-13-37-25-17-22(32)21(31)16-24(25)33-27(37)18-36-12-8-9-20(29(36)40)15-26(38)23(34-30(41)42-5)10-6-7-11-28(39)35(3)4/h7-9,11-12,16-17,19,23H,6,10,13-15,18H2,1-5H3,(H,34,41)/b11-7+/t23-/m0/s1. The molecule has 13 heteroatoms. The van der Waals surface area contributed by atoms with E-state index in [0.717, 1.165) is 12.1 Å². The first kappa shape index (κ1) is 33.1. The van der Waals surface area contributed by atoms with Gasteiger partial charge in [0.05, 0.1) is 43.4 Å². The number of rotatable bonds is 14. The molecule has 232 valence electrons. The average Bonchev–Trinajstić information content (AvgIpc) is 3.27. The van der Waals surface area contributed by atoms with E-state index in [1.54, 1.807) is 30.8 Å². The maximum Gasteiger partial charge on any atom is 0.407 e. The molecule has 0 aliphatic heterocycles. The van der Waals surface area contributed by atoms with Crippen molar-refractivity contribution in [3.8, 4) is 0 Å². The number of likely N-dealkylation sites (N-methyl/N-ethyl adjacent to an activating group) is 1. The van der Waals surface area contributed by atoms with E-state index in [0.29, 0.717) is 17.8 Å². The van der Waals surface area contributed by atoms with Crippen LogP contribution in [0, 0.1) is 11.6 Å². The summed E-state index contributed by atoms with van der Waals surface area (Å²) in [5.41, 5.74) is 0.318. The second kappa shape index (κ2) is 15.2. The van der Waals surface area contributed by atoms with Gasteiger partial charge < -0.3 is 28.8 Å². The summed E-state index contributed by atoms with van der Waals surface area (Å²) in [6.07, 6.45) is 3.89. The van der Waals surface area contributed by atoms with Gasteiger partial charge in [0, 0.05) is 51.0 Å². The molecule has 0 radical (unpaired) electrons. The summed E-state index contributed by atoms with van der Waals surface area (Å²) >= 11 is 0.